The van der Waals surface area contributed by atoms with Crippen molar-refractivity contribution >= 4 is 29.0 Å². The minimum Gasteiger partial charge on any atom is -0.493 e. The van der Waals surface area contributed by atoms with Gasteiger partial charge >= 0.3 is 12.1 Å². The van der Waals surface area contributed by atoms with Gasteiger partial charge in [-0.3, -0.25) is 5.32 Å². The summed E-state index contributed by atoms with van der Waals surface area (Å²) in [6, 6.07) is 16.3. The molecule has 0 saturated heterocycles. The molecule has 0 aliphatic rings. The summed E-state index contributed by atoms with van der Waals surface area (Å²) in [6.45, 7) is 5.20. The maximum atomic E-state index is 12.2. The molecule has 8 nitrogen and oxygen atoms in total. The molecule has 0 aliphatic carbocycles. The quantitative estimate of drug-likeness (QED) is 0.413. The minimum absolute atomic E-state index is 0.0461. The predicted molar refractivity (Wildman–Crippen MR) is 124 cm³/mol. The second kappa shape index (κ2) is 10.0. The minimum atomic E-state index is -0.750. The second-order valence-electron chi connectivity index (χ2n) is 8.03. The molecular weight excluding hydrogens is 424 g/mol. The fourth-order valence-electron chi connectivity index (χ4n) is 2.92. The highest BCUT2D eigenvalue weighted by Gasteiger charge is 2.20. The summed E-state index contributed by atoms with van der Waals surface area (Å²) in [6.07, 6.45) is 0.758. The number of carbonyl (C=O) groups is 2. The molecule has 0 aliphatic heterocycles. The van der Waals surface area contributed by atoms with Gasteiger partial charge in [0, 0.05) is 11.5 Å². The molecule has 0 bridgehead atoms. The Morgan fingerprint density at radius 3 is 2.36 bits per heavy atom. The maximum Gasteiger partial charge on any atom is 0.412 e. The van der Waals surface area contributed by atoms with Crippen LogP contribution in [0.4, 0.5) is 4.79 Å². The van der Waals surface area contributed by atoms with Crippen molar-refractivity contribution in [2.45, 2.75) is 26.4 Å². The zero-order chi connectivity index (χ0) is 24.0. The number of pyridine rings is 1. The monoisotopic (exact) mass is 450 g/mol. The number of alkyl carbamates (subject to hydrolysis) is 1. The molecule has 2 aromatic carbocycles. The first-order valence-electron chi connectivity index (χ1n) is 10.2. The van der Waals surface area contributed by atoms with E-state index in [1.807, 2.05) is 24.3 Å². The van der Waals surface area contributed by atoms with Gasteiger partial charge in [0.25, 0.3) is 0 Å². The van der Waals surface area contributed by atoms with Crippen molar-refractivity contribution in [3.8, 4) is 17.4 Å². The van der Waals surface area contributed by atoms with Gasteiger partial charge in [-0.15, -0.1) is 0 Å². The lowest BCUT2D eigenvalue weighted by Gasteiger charge is -2.20. The summed E-state index contributed by atoms with van der Waals surface area (Å²) >= 11 is 0. The zero-order valence-electron chi connectivity index (χ0n) is 19.2. The predicted octanol–water partition coefficient (Wildman–Crippen LogP) is 5.07. The van der Waals surface area contributed by atoms with Gasteiger partial charge in [0.05, 0.1) is 19.7 Å². The molecule has 33 heavy (non-hydrogen) atoms. The van der Waals surface area contributed by atoms with Gasteiger partial charge in [-0.2, -0.15) is 0 Å². The lowest BCUT2D eigenvalue weighted by Crippen LogP contribution is -2.34. The van der Waals surface area contributed by atoms with E-state index < -0.39 is 17.7 Å². The van der Waals surface area contributed by atoms with Gasteiger partial charge < -0.3 is 18.9 Å². The molecule has 1 heterocycles. The van der Waals surface area contributed by atoms with Gasteiger partial charge in [0.2, 0.25) is 5.88 Å². The largest absolute Gasteiger partial charge is 0.493 e. The second-order valence-corrected chi connectivity index (χ2v) is 8.03. The van der Waals surface area contributed by atoms with E-state index >= 15 is 0 Å². The molecule has 3 aromatic rings. The van der Waals surface area contributed by atoms with Crippen LogP contribution in [0.3, 0.4) is 0 Å². The smallest absolute Gasteiger partial charge is 0.412 e. The standard InChI is InChI=1S/C25H26N2O6/c1-25(2,3)33-24(29)27-19(23(28)31-5)15-16-10-12-18-17(14-16)11-13-22(26-18)32-21-9-7-6-8-20(21)30-4/h6-15H,1-5H3,(H,27,29)/b19-15-. The first-order chi connectivity index (χ1) is 15.7. The van der Waals surface area contributed by atoms with Gasteiger partial charge in [-0.25, -0.2) is 14.6 Å². The van der Waals surface area contributed by atoms with E-state index in [1.165, 1.54) is 13.2 Å². The summed E-state index contributed by atoms with van der Waals surface area (Å²) in [5, 5.41) is 3.26. The van der Waals surface area contributed by atoms with Crippen LogP contribution in [-0.4, -0.2) is 36.9 Å². The van der Waals surface area contributed by atoms with Crippen molar-refractivity contribution in [2.24, 2.45) is 0 Å². The third-order valence-electron chi connectivity index (χ3n) is 4.32. The van der Waals surface area contributed by atoms with Crippen LogP contribution in [0.1, 0.15) is 26.3 Å². The Morgan fingerprint density at radius 1 is 0.970 bits per heavy atom. The Morgan fingerprint density at radius 2 is 1.70 bits per heavy atom. The molecule has 172 valence electrons. The number of benzene rings is 2. The van der Waals surface area contributed by atoms with Gasteiger partial charge in [0.1, 0.15) is 11.3 Å². The number of fused-ring (bicyclic) bond motifs is 1. The van der Waals surface area contributed by atoms with Crippen LogP contribution >= 0.6 is 0 Å². The lowest BCUT2D eigenvalue weighted by molar-refractivity contribution is -0.136. The van der Waals surface area contributed by atoms with Crippen molar-refractivity contribution in [3.05, 3.63) is 65.9 Å². The summed E-state index contributed by atoms with van der Waals surface area (Å²) in [5.74, 6) is 0.881. The van der Waals surface area contributed by atoms with E-state index in [9.17, 15) is 9.59 Å². The number of methoxy groups -OCH3 is 2. The van der Waals surface area contributed by atoms with Gasteiger partial charge in [-0.1, -0.05) is 18.2 Å². The molecule has 1 N–H and O–H groups in total. The highest BCUT2D eigenvalue weighted by atomic mass is 16.6. The molecule has 0 radical (unpaired) electrons. The van der Waals surface area contributed by atoms with Crippen molar-refractivity contribution < 1.29 is 28.5 Å². The summed E-state index contributed by atoms with van der Waals surface area (Å²) in [4.78, 5) is 28.8. The maximum absolute atomic E-state index is 12.2. The number of rotatable bonds is 6. The number of hydrogen-bond donors (Lipinski definition) is 1. The summed E-state index contributed by atoms with van der Waals surface area (Å²) < 4.78 is 21.2. The fraction of sp³-hybridized carbons (Fsp3) is 0.240. The molecule has 0 fully saturated rings. The Kier molecular flexibility index (Phi) is 7.17. The third kappa shape index (κ3) is 6.46. The Bertz CT molecular complexity index is 1200. The topological polar surface area (TPSA) is 96.0 Å². The number of esters is 1. The number of aromatic nitrogens is 1. The Labute approximate surface area is 192 Å². The number of ether oxygens (including phenoxy) is 4. The van der Waals surface area contributed by atoms with Gasteiger partial charge in [-0.05, 0) is 62.7 Å². The average molecular weight is 450 g/mol. The molecule has 0 saturated carbocycles. The van der Waals surface area contributed by atoms with Crippen molar-refractivity contribution in [1.82, 2.24) is 10.3 Å². The molecular formula is C25H26N2O6. The molecule has 0 unspecified atom stereocenters. The highest BCUT2D eigenvalue weighted by molar-refractivity contribution is 5.97. The van der Waals surface area contributed by atoms with Gasteiger partial charge in [0.15, 0.2) is 11.5 Å². The molecule has 0 atom stereocenters. The Hall–Kier alpha value is -4.07. The first-order valence-corrected chi connectivity index (χ1v) is 10.2. The van der Waals surface area contributed by atoms with Crippen LogP contribution in [0.15, 0.2) is 60.3 Å². The molecule has 1 amide bonds. The molecule has 8 heteroatoms. The molecule has 3 rings (SSSR count). The summed E-state index contributed by atoms with van der Waals surface area (Å²) in [7, 11) is 2.81. The number of amides is 1. The van der Waals surface area contributed by atoms with E-state index in [4.69, 9.17) is 18.9 Å². The van der Waals surface area contributed by atoms with Crippen molar-refractivity contribution in [1.29, 1.82) is 0 Å². The fourth-order valence-corrected chi connectivity index (χ4v) is 2.92. The third-order valence-corrected chi connectivity index (χ3v) is 4.32. The summed E-state index contributed by atoms with van der Waals surface area (Å²) in [5.41, 5.74) is 0.609. The SMILES string of the molecule is COC(=O)/C(=C/c1ccc2nc(Oc3ccccc3OC)ccc2c1)NC(=O)OC(C)(C)C. The van der Waals surface area contributed by atoms with Crippen LogP contribution in [0, 0.1) is 0 Å². The Balaban J connectivity index is 1.85. The number of carbonyl (C=O) groups excluding carboxylic acids is 2. The number of para-hydroxylation sites is 2. The first kappa shape index (κ1) is 23.6. The van der Waals surface area contributed by atoms with Crippen LogP contribution in [0.5, 0.6) is 17.4 Å². The molecule has 1 aromatic heterocycles. The van der Waals surface area contributed by atoms with Crippen LogP contribution in [0.25, 0.3) is 17.0 Å². The number of nitrogens with one attached hydrogen (secondary N) is 1. The normalized spacial score (nSPS) is 11.6. The average Bonchev–Trinajstić information content (AvgIpc) is 2.77. The van der Waals surface area contributed by atoms with Crippen LogP contribution in [0.2, 0.25) is 0 Å². The van der Waals surface area contributed by atoms with Crippen LogP contribution in [-0.2, 0) is 14.3 Å². The van der Waals surface area contributed by atoms with E-state index in [0.717, 1.165) is 5.39 Å². The number of nitrogens with zero attached hydrogens (tertiary/aromatic N) is 1. The van der Waals surface area contributed by atoms with E-state index in [-0.39, 0.29) is 5.70 Å². The molecule has 0 spiro atoms. The van der Waals surface area contributed by atoms with E-state index in [0.29, 0.717) is 28.5 Å². The van der Waals surface area contributed by atoms with E-state index in [1.54, 1.807) is 58.2 Å². The van der Waals surface area contributed by atoms with Crippen molar-refractivity contribution in [3.63, 3.8) is 0 Å². The zero-order valence-corrected chi connectivity index (χ0v) is 19.2. The highest BCUT2D eigenvalue weighted by Crippen LogP contribution is 2.31. The van der Waals surface area contributed by atoms with Crippen molar-refractivity contribution in [2.75, 3.05) is 14.2 Å². The van der Waals surface area contributed by atoms with Crippen LogP contribution < -0.4 is 14.8 Å². The van der Waals surface area contributed by atoms with E-state index in [2.05, 4.69) is 10.3 Å². The number of hydrogen-bond acceptors (Lipinski definition) is 7. The lowest BCUT2D eigenvalue weighted by atomic mass is 10.1.